The van der Waals surface area contributed by atoms with Crippen LogP contribution < -0.4 is 5.48 Å². The number of hydrogen-bond donors (Lipinski definition) is 2. The average molecular weight is 307 g/mol. The minimum Gasteiger partial charge on any atom is -0.347 e. The van der Waals surface area contributed by atoms with Gasteiger partial charge >= 0.3 is 0 Å². The Morgan fingerprint density at radius 2 is 2.05 bits per heavy atom. The highest BCUT2D eigenvalue weighted by Gasteiger charge is 2.32. The molecule has 1 aliphatic heterocycles. The van der Waals surface area contributed by atoms with Crippen molar-refractivity contribution >= 4 is 11.8 Å². The van der Waals surface area contributed by atoms with Crippen LogP contribution in [-0.2, 0) is 11.3 Å². The van der Waals surface area contributed by atoms with Gasteiger partial charge in [-0.15, -0.1) is 0 Å². The number of hydroxylamine groups is 1. The van der Waals surface area contributed by atoms with E-state index in [1.165, 1.54) is 0 Å². The second-order valence-electron chi connectivity index (χ2n) is 7.04. The molecule has 0 aliphatic carbocycles. The predicted octanol–water partition coefficient (Wildman–Crippen LogP) is 2.34. The van der Waals surface area contributed by atoms with E-state index in [2.05, 4.69) is 20.8 Å². The van der Waals surface area contributed by atoms with Crippen LogP contribution in [0.1, 0.15) is 62.6 Å². The summed E-state index contributed by atoms with van der Waals surface area (Å²) >= 11 is 0. The third kappa shape index (κ3) is 3.32. The Labute approximate surface area is 131 Å². The number of nitrogens with one attached hydrogen (secondary N) is 1. The first kappa shape index (κ1) is 16.5. The number of fused-ring (bicyclic) bond motifs is 1. The van der Waals surface area contributed by atoms with E-state index in [1.807, 2.05) is 16.4 Å². The third-order valence-corrected chi connectivity index (χ3v) is 3.98. The van der Waals surface area contributed by atoms with Gasteiger partial charge in [0.25, 0.3) is 5.91 Å². The first-order valence-corrected chi connectivity index (χ1v) is 7.71. The maximum absolute atomic E-state index is 12.6. The molecule has 0 radical (unpaired) electrons. The zero-order valence-electron chi connectivity index (χ0n) is 13.7. The topological polar surface area (TPSA) is 74.6 Å². The predicted molar refractivity (Wildman–Crippen MR) is 82.5 cm³/mol. The summed E-state index contributed by atoms with van der Waals surface area (Å²) in [5, 5.41) is 8.77. The number of aromatic nitrogens is 1. The molecule has 1 unspecified atom stereocenters. The van der Waals surface area contributed by atoms with Crippen molar-refractivity contribution in [3.05, 3.63) is 23.5 Å². The lowest BCUT2D eigenvalue weighted by molar-refractivity contribution is -0.136. The van der Waals surface area contributed by atoms with Gasteiger partial charge in [0.05, 0.1) is 11.6 Å². The molecule has 6 nitrogen and oxygen atoms in total. The van der Waals surface area contributed by atoms with Crippen LogP contribution in [-0.4, -0.2) is 33.0 Å². The number of nitrogens with zero attached hydrogens (tertiary/aromatic N) is 2. The Morgan fingerprint density at radius 1 is 1.36 bits per heavy atom. The van der Waals surface area contributed by atoms with Crippen LogP contribution in [0.4, 0.5) is 0 Å². The van der Waals surface area contributed by atoms with Crippen molar-refractivity contribution in [2.75, 3.05) is 6.54 Å². The molecule has 0 bridgehead atoms. The van der Waals surface area contributed by atoms with Crippen LogP contribution in [0.5, 0.6) is 0 Å². The van der Waals surface area contributed by atoms with E-state index < -0.39 is 5.91 Å². The molecule has 0 aromatic carbocycles. The molecule has 22 heavy (non-hydrogen) atoms. The van der Waals surface area contributed by atoms with Crippen molar-refractivity contribution in [1.29, 1.82) is 0 Å². The van der Waals surface area contributed by atoms with E-state index in [4.69, 9.17) is 5.21 Å². The van der Waals surface area contributed by atoms with Crippen LogP contribution >= 0.6 is 0 Å². The molecule has 2 amide bonds. The Balaban J connectivity index is 2.26. The van der Waals surface area contributed by atoms with Crippen molar-refractivity contribution in [2.45, 2.75) is 53.1 Å². The fourth-order valence-corrected chi connectivity index (χ4v) is 3.01. The molecule has 1 aromatic rings. The van der Waals surface area contributed by atoms with Crippen LogP contribution in [0.25, 0.3) is 0 Å². The Bertz CT molecular complexity index is 572. The lowest BCUT2D eigenvalue weighted by Gasteiger charge is -2.38. The zero-order valence-corrected chi connectivity index (χ0v) is 13.7. The summed E-state index contributed by atoms with van der Waals surface area (Å²) in [7, 11) is 0. The van der Waals surface area contributed by atoms with Gasteiger partial charge in [0, 0.05) is 31.4 Å². The normalized spacial score (nSPS) is 18.0. The van der Waals surface area contributed by atoms with Crippen molar-refractivity contribution in [1.82, 2.24) is 14.9 Å². The Hall–Kier alpha value is -1.82. The van der Waals surface area contributed by atoms with Crippen LogP contribution in [0.3, 0.4) is 0 Å². The summed E-state index contributed by atoms with van der Waals surface area (Å²) in [6, 6.07) is 1.74. The largest absolute Gasteiger partial charge is 0.347 e. The average Bonchev–Trinajstić information content (AvgIpc) is 2.87. The van der Waals surface area contributed by atoms with Crippen molar-refractivity contribution < 1.29 is 14.8 Å². The van der Waals surface area contributed by atoms with Crippen LogP contribution in [0, 0.1) is 5.41 Å². The third-order valence-electron chi connectivity index (χ3n) is 3.98. The van der Waals surface area contributed by atoms with Gasteiger partial charge in [0.1, 0.15) is 0 Å². The van der Waals surface area contributed by atoms with Crippen molar-refractivity contribution in [3.8, 4) is 0 Å². The molecule has 1 aliphatic rings. The van der Waals surface area contributed by atoms with Gasteiger partial charge in [-0.3, -0.25) is 14.8 Å². The van der Waals surface area contributed by atoms with Crippen molar-refractivity contribution in [3.63, 3.8) is 0 Å². The van der Waals surface area contributed by atoms with E-state index >= 15 is 0 Å². The minimum atomic E-state index is -0.524. The molecule has 2 heterocycles. The van der Waals surface area contributed by atoms with Gasteiger partial charge in [-0.25, -0.2) is 5.48 Å². The molecule has 6 heteroatoms. The molecule has 0 saturated carbocycles. The SMILES string of the molecule is CCC1c2cc(C(=O)NO)cn2CCN1C(=O)CC(C)(C)C. The van der Waals surface area contributed by atoms with Gasteiger partial charge in [-0.1, -0.05) is 27.7 Å². The molecule has 0 fully saturated rings. The molecular formula is C16H25N3O3. The molecule has 2 N–H and O–H groups in total. The van der Waals surface area contributed by atoms with Gasteiger partial charge in [-0.2, -0.15) is 0 Å². The maximum atomic E-state index is 12.6. The molecule has 1 atom stereocenters. The fraction of sp³-hybridized carbons (Fsp3) is 0.625. The number of amides is 2. The highest BCUT2D eigenvalue weighted by Crippen LogP contribution is 2.32. The minimum absolute atomic E-state index is 0.0242. The van der Waals surface area contributed by atoms with Crippen LogP contribution in [0.15, 0.2) is 12.3 Å². The zero-order chi connectivity index (χ0) is 16.5. The smallest absolute Gasteiger partial charge is 0.276 e. The van der Waals surface area contributed by atoms with Crippen LogP contribution in [0.2, 0.25) is 0 Å². The molecule has 0 saturated heterocycles. The van der Waals surface area contributed by atoms with E-state index in [-0.39, 0.29) is 17.4 Å². The first-order chi connectivity index (χ1) is 10.3. The standard InChI is InChI=1S/C16H25N3O3/c1-5-12-13-8-11(15(21)17-22)10-18(13)6-7-19(12)14(20)9-16(2,3)4/h8,10,12,22H,5-7,9H2,1-4H3,(H,17,21). The van der Waals surface area contributed by atoms with Gasteiger partial charge in [0.15, 0.2) is 0 Å². The Kier molecular flexibility index (Phi) is 4.60. The lowest BCUT2D eigenvalue weighted by Crippen LogP contribution is -2.42. The Morgan fingerprint density at radius 3 is 2.59 bits per heavy atom. The first-order valence-electron chi connectivity index (χ1n) is 7.71. The highest BCUT2D eigenvalue weighted by atomic mass is 16.5. The molecular weight excluding hydrogens is 282 g/mol. The van der Waals surface area contributed by atoms with E-state index in [0.717, 1.165) is 12.1 Å². The number of hydrogen-bond acceptors (Lipinski definition) is 3. The molecule has 122 valence electrons. The quantitative estimate of drug-likeness (QED) is 0.665. The summed E-state index contributed by atoms with van der Waals surface area (Å²) in [5.41, 5.74) is 2.98. The summed E-state index contributed by atoms with van der Waals surface area (Å²) < 4.78 is 2.00. The highest BCUT2D eigenvalue weighted by molar-refractivity contribution is 5.93. The van der Waals surface area contributed by atoms with Crippen molar-refractivity contribution in [2.24, 2.45) is 5.41 Å². The number of carbonyl (C=O) groups is 2. The molecule has 1 aromatic heterocycles. The van der Waals surface area contributed by atoms with E-state index in [0.29, 0.717) is 25.1 Å². The summed E-state index contributed by atoms with van der Waals surface area (Å²) in [5.74, 6) is -0.371. The van der Waals surface area contributed by atoms with Gasteiger partial charge in [-0.05, 0) is 17.9 Å². The number of rotatable bonds is 3. The van der Waals surface area contributed by atoms with Gasteiger partial charge < -0.3 is 9.47 Å². The summed E-state index contributed by atoms with van der Waals surface area (Å²) in [4.78, 5) is 26.1. The monoisotopic (exact) mass is 307 g/mol. The molecule has 2 rings (SSSR count). The van der Waals surface area contributed by atoms with E-state index in [9.17, 15) is 9.59 Å². The summed E-state index contributed by atoms with van der Waals surface area (Å²) in [6.07, 6.45) is 3.03. The van der Waals surface area contributed by atoms with Gasteiger partial charge in [0.2, 0.25) is 5.91 Å². The maximum Gasteiger partial charge on any atom is 0.276 e. The molecule has 0 spiro atoms. The fourth-order valence-electron chi connectivity index (χ4n) is 3.01. The lowest BCUT2D eigenvalue weighted by atomic mass is 9.91. The summed E-state index contributed by atoms with van der Waals surface area (Å²) in [6.45, 7) is 9.53. The number of carbonyl (C=O) groups excluding carboxylic acids is 2. The second kappa shape index (κ2) is 6.12. The second-order valence-corrected chi connectivity index (χ2v) is 7.04. The van der Waals surface area contributed by atoms with E-state index in [1.54, 1.807) is 17.7 Å².